The van der Waals surface area contributed by atoms with Gasteiger partial charge in [0, 0.05) is 31.7 Å². The molecule has 8 nitrogen and oxygen atoms in total. The molecule has 2 aliphatic rings. The highest BCUT2D eigenvalue weighted by atomic mass is 32.3. The molecular weight excluding hydrogens is 438 g/mol. The molecule has 1 amide bonds. The van der Waals surface area contributed by atoms with Crippen molar-refractivity contribution in [3.8, 4) is 0 Å². The highest BCUT2D eigenvalue weighted by Gasteiger charge is 2.39. The number of sulfonamides is 1. The van der Waals surface area contributed by atoms with E-state index in [0.717, 1.165) is 41.7 Å². The van der Waals surface area contributed by atoms with Crippen LogP contribution in [0, 0.1) is 12.8 Å². The third-order valence-corrected chi connectivity index (χ3v) is 8.77. The summed E-state index contributed by atoms with van der Waals surface area (Å²) < 4.78 is 27.7. The molecule has 2 aromatic heterocycles. The fourth-order valence-electron chi connectivity index (χ4n) is 4.92. The van der Waals surface area contributed by atoms with Gasteiger partial charge >= 0.3 is 0 Å². The van der Waals surface area contributed by atoms with E-state index in [4.69, 9.17) is 4.98 Å². The first-order chi connectivity index (χ1) is 15.9. The Bertz CT molecular complexity index is 1150. The highest BCUT2D eigenvalue weighted by Crippen LogP contribution is 2.31. The summed E-state index contributed by atoms with van der Waals surface area (Å²) in [7, 11) is -3.59. The number of imidazole rings is 1. The number of aryl methyl sites for hydroxylation is 1. The molecule has 3 aromatic rings. The lowest BCUT2D eigenvalue weighted by Crippen LogP contribution is -2.49. The Labute approximate surface area is 194 Å². The van der Waals surface area contributed by atoms with E-state index in [9.17, 15) is 13.6 Å². The molecule has 174 valence electrons. The van der Waals surface area contributed by atoms with Crippen molar-refractivity contribution < 1.29 is 13.6 Å². The van der Waals surface area contributed by atoms with Crippen molar-refractivity contribution in [2.24, 2.45) is 5.92 Å². The van der Waals surface area contributed by atoms with Gasteiger partial charge in [0.15, 0.2) is 15.3 Å². The van der Waals surface area contributed by atoms with E-state index < -0.39 is 10.4 Å². The Morgan fingerprint density at radius 1 is 1.12 bits per heavy atom. The average Bonchev–Trinajstić information content (AvgIpc) is 3.28. The lowest BCUT2D eigenvalue weighted by molar-refractivity contribution is -0.137. The predicted molar refractivity (Wildman–Crippen MR) is 125 cm³/mol. The normalized spacial score (nSPS) is 22.4. The minimum Gasteiger partial charge on any atom is -0.593 e. The van der Waals surface area contributed by atoms with E-state index in [0.29, 0.717) is 31.0 Å². The predicted octanol–water partition coefficient (Wildman–Crippen LogP) is 3.29. The Hall–Kier alpha value is -2.62. The van der Waals surface area contributed by atoms with Gasteiger partial charge in [-0.05, 0) is 50.8 Å². The van der Waals surface area contributed by atoms with Crippen LogP contribution in [0.2, 0.25) is 0 Å². The highest BCUT2D eigenvalue weighted by molar-refractivity contribution is 7.95. The summed E-state index contributed by atoms with van der Waals surface area (Å²) in [6.07, 6.45) is 6.64. The van der Waals surface area contributed by atoms with Crippen LogP contribution in [-0.2, 0) is 19.4 Å². The van der Waals surface area contributed by atoms with E-state index in [1.54, 1.807) is 24.5 Å². The van der Waals surface area contributed by atoms with E-state index >= 15 is 0 Å². The van der Waals surface area contributed by atoms with Crippen LogP contribution in [0.15, 0.2) is 47.6 Å². The average molecular weight is 468 g/mol. The molecule has 0 aliphatic carbocycles. The van der Waals surface area contributed by atoms with Crippen molar-refractivity contribution >= 4 is 27.3 Å². The molecule has 2 unspecified atom stereocenters. The maximum atomic E-state index is 13.3. The summed E-state index contributed by atoms with van der Waals surface area (Å²) in [6, 6.07) is 8.81. The number of carbonyl (C=O) groups excluding carboxylic acids is 1. The van der Waals surface area contributed by atoms with E-state index in [-0.39, 0.29) is 24.3 Å². The van der Waals surface area contributed by atoms with Gasteiger partial charge in [-0.2, -0.15) is 0 Å². The van der Waals surface area contributed by atoms with Gasteiger partial charge in [0.2, 0.25) is 5.91 Å². The number of hydrogen-bond donors (Lipinski definition) is 1. The van der Waals surface area contributed by atoms with Crippen molar-refractivity contribution in [1.29, 1.82) is 0 Å². The Morgan fingerprint density at radius 3 is 2.61 bits per heavy atom. The van der Waals surface area contributed by atoms with Crippen LogP contribution in [0.1, 0.15) is 43.0 Å². The van der Waals surface area contributed by atoms with Gasteiger partial charge in [-0.3, -0.25) is 9.78 Å². The minimum atomic E-state index is -3.59. The molecule has 2 atom stereocenters. The van der Waals surface area contributed by atoms with Crippen LogP contribution < -0.4 is 0 Å². The van der Waals surface area contributed by atoms with E-state index in [1.165, 1.54) is 4.31 Å². The Kier molecular flexibility index (Phi) is 6.03. The van der Waals surface area contributed by atoms with Crippen LogP contribution in [0.5, 0.6) is 0 Å². The van der Waals surface area contributed by atoms with Gasteiger partial charge in [-0.1, -0.05) is 21.9 Å². The summed E-state index contributed by atoms with van der Waals surface area (Å²) >= 11 is 0. The first-order valence-corrected chi connectivity index (χ1v) is 13.0. The zero-order valence-corrected chi connectivity index (χ0v) is 19.6. The maximum absolute atomic E-state index is 13.3. The smallest absolute Gasteiger partial charge is 0.227 e. The van der Waals surface area contributed by atoms with Gasteiger partial charge in [0.1, 0.15) is 5.82 Å². The number of nitrogens with one attached hydrogen (secondary N) is 1. The van der Waals surface area contributed by atoms with Crippen molar-refractivity contribution in [3.05, 3.63) is 54.1 Å². The third kappa shape index (κ3) is 4.45. The Balaban J connectivity index is 1.21. The molecule has 2 fully saturated rings. The molecule has 33 heavy (non-hydrogen) atoms. The van der Waals surface area contributed by atoms with Crippen LogP contribution in [0.25, 0.3) is 11.0 Å². The minimum absolute atomic E-state index is 0.0751. The number of piperidine rings is 2. The summed E-state index contributed by atoms with van der Waals surface area (Å²) in [5.74, 6) is 1.03. The summed E-state index contributed by atoms with van der Waals surface area (Å²) in [4.78, 5) is 27.7. The number of likely N-dealkylation sites (tertiary alicyclic amines) is 1. The van der Waals surface area contributed by atoms with Crippen molar-refractivity contribution in [2.75, 3.05) is 26.2 Å². The van der Waals surface area contributed by atoms with Crippen LogP contribution in [-0.4, -0.2) is 60.8 Å². The van der Waals surface area contributed by atoms with Crippen LogP contribution in [0.3, 0.4) is 0 Å². The monoisotopic (exact) mass is 467 g/mol. The molecule has 0 bridgehead atoms. The summed E-state index contributed by atoms with van der Waals surface area (Å²) in [5.41, 5.74) is 2.86. The first-order valence-electron chi connectivity index (χ1n) is 11.6. The molecule has 2 aliphatic heterocycles. The summed E-state index contributed by atoms with van der Waals surface area (Å²) in [5, 5.41) is 0. The van der Waals surface area contributed by atoms with Crippen molar-refractivity contribution in [3.63, 3.8) is 0 Å². The molecule has 4 heterocycles. The number of H-pyrrole nitrogens is 1. The number of nitrogens with zero attached hydrogens (tertiary/aromatic N) is 4. The quantitative estimate of drug-likeness (QED) is 0.593. The number of rotatable bonds is 4. The molecule has 2 saturated heterocycles. The number of carbonyl (C=O) groups is 1. The lowest BCUT2D eigenvalue weighted by Gasteiger charge is -2.38. The molecular formula is C24H29N5O3S. The van der Waals surface area contributed by atoms with Gasteiger partial charge in [-0.15, -0.1) is 4.31 Å². The zero-order valence-electron chi connectivity index (χ0n) is 18.8. The number of hydrogen-bond acceptors (Lipinski definition) is 5. The number of fused-ring (bicyclic) bond motifs is 1. The van der Waals surface area contributed by atoms with Crippen LogP contribution in [0.4, 0.5) is 0 Å². The zero-order chi connectivity index (χ0) is 23.0. The molecule has 9 heteroatoms. The number of pyridine rings is 1. The van der Waals surface area contributed by atoms with Crippen molar-refractivity contribution in [2.45, 2.75) is 43.4 Å². The molecule has 0 radical (unpaired) electrons. The van der Waals surface area contributed by atoms with Crippen LogP contribution >= 0.6 is 0 Å². The third-order valence-electron chi connectivity index (χ3n) is 6.89. The number of amides is 1. The Morgan fingerprint density at radius 2 is 1.88 bits per heavy atom. The molecule has 1 aromatic carbocycles. The largest absolute Gasteiger partial charge is 0.593 e. The van der Waals surface area contributed by atoms with E-state index in [1.807, 2.05) is 30.0 Å². The number of aromatic nitrogens is 3. The second-order valence-corrected chi connectivity index (χ2v) is 11.1. The first kappa shape index (κ1) is 22.2. The van der Waals surface area contributed by atoms with Crippen molar-refractivity contribution in [1.82, 2.24) is 24.2 Å². The molecule has 1 N–H and O–H groups in total. The molecule has 0 spiro atoms. The fourth-order valence-corrected chi connectivity index (χ4v) is 6.45. The maximum Gasteiger partial charge on any atom is 0.227 e. The SMILES string of the molecule is Cc1ccc([S+](=O)([O-])N2CCCC(C(=O)N3CCC(c4nc5ccncc5[nH]4)CC3)C2)cc1. The van der Waals surface area contributed by atoms with Gasteiger partial charge in [0.25, 0.3) is 0 Å². The second-order valence-electron chi connectivity index (χ2n) is 9.13. The number of benzene rings is 1. The fraction of sp³-hybridized carbons (Fsp3) is 0.458. The standard InChI is InChI=1S/C24H29N5O3S/c1-17-4-6-20(7-5-17)33(31,32)29-12-2-3-19(16-29)24(30)28-13-9-18(10-14-28)23-26-21-8-11-25-15-22(21)27-23/h4-8,11,15,18-19H,2-3,9-10,12-14,16H2,1H3,(H-,25,26,27,31,32). The lowest BCUT2D eigenvalue weighted by atomic mass is 9.93. The van der Waals surface area contributed by atoms with Gasteiger partial charge < -0.3 is 14.4 Å². The summed E-state index contributed by atoms with van der Waals surface area (Å²) in [6.45, 7) is 3.98. The number of aromatic amines is 1. The van der Waals surface area contributed by atoms with Gasteiger partial charge in [0.05, 0.1) is 29.7 Å². The van der Waals surface area contributed by atoms with Gasteiger partial charge in [-0.25, -0.2) is 4.98 Å². The topological polar surface area (TPSA) is 105 Å². The second kappa shape index (κ2) is 8.96. The van der Waals surface area contributed by atoms with E-state index in [2.05, 4.69) is 9.97 Å². The molecule has 0 saturated carbocycles. The molecule has 5 rings (SSSR count).